The third-order valence-electron chi connectivity index (χ3n) is 3.20. The number of rotatable bonds is 5. The van der Waals surface area contributed by atoms with Crippen LogP contribution in [0.4, 0.5) is 0 Å². The van der Waals surface area contributed by atoms with E-state index in [4.69, 9.17) is 0 Å². The molecule has 2 rings (SSSR count). The van der Waals surface area contributed by atoms with Gasteiger partial charge < -0.3 is 5.32 Å². The van der Waals surface area contributed by atoms with E-state index in [-0.39, 0.29) is 0 Å². The van der Waals surface area contributed by atoms with E-state index in [1.807, 2.05) is 7.05 Å². The Kier molecular flexibility index (Phi) is 4.50. The van der Waals surface area contributed by atoms with Crippen molar-refractivity contribution < 1.29 is 0 Å². The Hall–Kier alpha value is -0.940. The molecule has 1 unspecified atom stereocenters. The number of aromatic nitrogens is 3. The minimum Gasteiger partial charge on any atom is -0.313 e. The molecule has 1 N–H and O–H groups in total. The summed E-state index contributed by atoms with van der Waals surface area (Å²) in [5, 5.41) is 7.94. The number of piperidine rings is 1. The Morgan fingerprint density at radius 1 is 1.53 bits per heavy atom. The van der Waals surface area contributed by atoms with Crippen molar-refractivity contribution in [3.8, 4) is 0 Å². The fraction of sp³-hybridized carbons (Fsp3) is 0.833. The average molecular weight is 237 g/mol. The molecule has 0 spiro atoms. The molecule has 2 heterocycles. The predicted octanol–water partition coefficient (Wildman–Crippen LogP) is 0.779. The van der Waals surface area contributed by atoms with Crippen LogP contribution in [0.3, 0.4) is 0 Å². The summed E-state index contributed by atoms with van der Waals surface area (Å²) >= 11 is 0. The summed E-state index contributed by atoms with van der Waals surface area (Å²) in [7, 11) is 1.91. The highest BCUT2D eigenvalue weighted by Crippen LogP contribution is 2.12. The molecule has 1 atom stereocenters. The van der Waals surface area contributed by atoms with Crippen molar-refractivity contribution in [1.82, 2.24) is 25.0 Å². The van der Waals surface area contributed by atoms with Gasteiger partial charge in [-0.25, -0.2) is 4.98 Å². The molecule has 1 aromatic rings. The van der Waals surface area contributed by atoms with Crippen molar-refractivity contribution in [2.75, 3.05) is 19.6 Å². The highest BCUT2D eigenvalue weighted by Gasteiger charge is 2.20. The summed E-state index contributed by atoms with van der Waals surface area (Å²) in [6.07, 6.45) is 5.55. The fourth-order valence-corrected chi connectivity index (χ4v) is 2.37. The van der Waals surface area contributed by atoms with E-state index in [1.165, 1.54) is 25.8 Å². The number of hydrogen-bond acceptors (Lipinski definition) is 4. The lowest BCUT2D eigenvalue weighted by atomic mass is 10.1. The summed E-state index contributed by atoms with van der Waals surface area (Å²) in [4.78, 5) is 6.74. The van der Waals surface area contributed by atoms with Gasteiger partial charge in [-0.2, -0.15) is 5.10 Å². The van der Waals surface area contributed by atoms with E-state index in [0.717, 1.165) is 25.5 Å². The van der Waals surface area contributed by atoms with Crippen LogP contribution in [-0.4, -0.2) is 45.3 Å². The Morgan fingerprint density at radius 3 is 3.12 bits per heavy atom. The summed E-state index contributed by atoms with van der Waals surface area (Å²) in [5.74, 6) is 0.934. The number of aryl methyl sites for hydroxylation is 1. The second-order valence-corrected chi connectivity index (χ2v) is 4.86. The SMILES string of the molecule is CCCNC1CCCN(Cc2ncn(C)n2)C1. The van der Waals surface area contributed by atoms with Crippen molar-refractivity contribution >= 4 is 0 Å². The lowest BCUT2D eigenvalue weighted by Crippen LogP contribution is -2.45. The van der Waals surface area contributed by atoms with E-state index in [2.05, 4.69) is 27.2 Å². The smallest absolute Gasteiger partial charge is 0.164 e. The first kappa shape index (κ1) is 12.5. The number of nitrogens with one attached hydrogen (secondary N) is 1. The van der Waals surface area contributed by atoms with Crippen LogP contribution < -0.4 is 5.32 Å². The second kappa shape index (κ2) is 6.12. The molecule has 0 aliphatic carbocycles. The molecule has 1 aliphatic rings. The van der Waals surface area contributed by atoms with Gasteiger partial charge in [-0.3, -0.25) is 9.58 Å². The molecule has 1 saturated heterocycles. The van der Waals surface area contributed by atoms with Crippen LogP contribution in [0.5, 0.6) is 0 Å². The molecule has 0 radical (unpaired) electrons. The first-order chi connectivity index (χ1) is 8.28. The van der Waals surface area contributed by atoms with E-state index in [1.54, 1.807) is 11.0 Å². The normalized spacial score (nSPS) is 21.9. The van der Waals surface area contributed by atoms with Crippen LogP contribution in [0.1, 0.15) is 32.0 Å². The summed E-state index contributed by atoms with van der Waals surface area (Å²) in [6, 6.07) is 0.646. The van der Waals surface area contributed by atoms with Gasteiger partial charge in [0, 0.05) is 19.6 Å². The van der Waals surface area contributed by atoms with E-state index in [0.29, 0.717) is 6.04 Å². The summed E-state index contributed by atoms with van der Waals surface area (Å²) in [6.45, 7) is 6.51. The Balaban J connectivity index is 1.80. The average Bonchev–Trinajstić information content (AvgIpc) is 2.73. The topological polar surface area (TPSA) is 46.0 Å². The highest BCUT2D eigenvalue weighted by molar-refractivity contribution is 4.85. The van der Waals surface area contributed by atoms with Gasteiger partial charge in [0.1, 0.15) is 6.33 Å². The van der Waals surface area contributed by atoms with Crippen LogP contribution in [0.2, 0.25) is 0 Å². The molecule has 0 saturated carbocycles. The number of hydrogen-bond donors (Lipinski definition) is 1. The van der Waals surface area contributed by atoms with Gasteiger partial charge in [-0.05, 0) is 32.4 Å². The molecule has 1 aromatic heterocycles. The molecule has 0 aromatic carbocycles. The van der Waals surface area contributed by atoms with Crippen molar-refractivity contribution in [3.05, 3.63) is 12.2 Å². The van der Waals surface area contributed by atoms with Crippen LogP contribution in [0, 0.1) is 0 Å². The van der Waals surface area contributed by atoms with Crippen LogP contribution in [0.25, 0.3) is 0 Å². The zero-order chi connectivity index (χ0) is 12.1. The zero-order valence-electron chi connectivity index (χ0n) is 10.9. The number of nitrogens with zero attached hydrogens (tertiary/aromatic N) is 4. The molecule has 5 nitrogen and oxygen atoms in total. The monoisotopic (exact) mass is 237 g/mol. The first-order valence-electron chi connectivity index (χ1n) is 6.58. The number of likely N-dealkylation sites (tertiary alicyclic amines) is 1. The van der Waals surface area contributed by atoms with Gasteiger partial charge in [0.25, 0.3) is 0 Å². The van der Waals surface area contributed by atoms with Crippen LogP contribution >= 0.6 is 0 Å². The van der Waals surface area contributed by atoms with Crippen molar-refractivity contribution in [2.24, 2.45) is 7.05 Å². The zero-order valence-corrected chi connectivity index (χ0v) is 10.9. The van der Waals surface area contributed by atoms with Gasteiger partial charge in [0.15, 0.2) is 5.82 Å². The van der Waals surface area contributed by atoms with Crippen LogP contribution in [0.15, 0.2) is 6.33 Å². The molecule has 5 heteroatoms. The first-order valence-corrected chi connectivity index (χ1v) is 6.58. The van der Waals surface area contributed by atoms with E-state index >= 15 is 0 Å². The molecular formula is C12H23N5. The van der Waals surface area contributed by atoms with E-state index < -0.39 is 0 Å². The predicted molar refractivity (Wildman–Crippen MR) is 67.6 cm³/mol. The lowest BCUT2D eigenvalue weighted by Gasteiger charge is -2.32. The van der Waals surface area contributed by atoms with E-state index in [9.17, 15) is 0 Å². The minimum absolute atomic E-state index is 0.646. The van der Waals surface area contributed by atoms with Gasteiger partial charge in [-0.15, -0.1) is 0 Å². The maximum Gasteiger partial charge on any atom is 0.164 e. The third kappa shape index (κ3) is 3.78. The maximum absolute atomic E-state index is 4.34. The van der Waals surface area contributed by atoms with Crippen LogP contribution in [-0.2, 0) is 13.6 Å². The molecule has 1 fully saturated rings. The lowest BCUT2D eigenvalue weighted by molar-refractivity contribution is 0.180. The quantitative estimate of drug-likeness (QED) is 0.822. The van der Waals surface area contributed by atoms with Crippen molar-refractivity contribution in [2.45, 2.75) is 38.8 Å². The molecule has 0 bridgehead atoms. The summed E-state index contributed by atoms with van der Waals surface area (Å²) in [5.41, 5.74) is 0. The standard InChI is InChI=1S/C12H23N5/c1-3-6-13-11-5-4-7-17(8-11)9-12-14-10-16(2)15-12/h10-11,13H,3-9H2,1-2H3. The minimum atomic E-state index is 0.646. The second-order valence-electron chi connectivity index (χ2n) is 4.86. The molecule has 96 valence electrons. The van der Waals surface area contributed by atoms with Crippen molar-refractivity contribution in [1.29, 1.82) is 0 Å². The molecule has 0 amide bonds. The highest BCUT2D eigenvalue weighted by atomic mass is 15.3. The third-order valence-corrected chi connectivity index (χ3v) is 3.20. The van der Waals surface area contributed by atoms with Crippen molar-refractivity contribution in [3.63, 3.8) is 0 Å². The van der Waals surface area contributed by atoms with Gasteiger partial charge >= 0.3 is 0 Å². The largest absolute Gasteiger partial charge is 0.313 e. The maximum atomic E-state index is 4.34. The fourth-order valence-electron chi connectivity index (χ4n) is 2.37. The Morgan fingerprint density at radius 2 is 2.41 bits per heavy atom. The van der Waals surface area contributed by atoms with Gasteiger partial charge in [0.2, 0.25) is 0 Å². The molecule has 17 heavy (non-hydrogen) atoms. The van der Waals surface area contributed by atoms with Gasteiger partial charge in [0.05, 0.1) is 6.54 Å². The summed E-state index contributed by atoms with van der Waals surface area (Å²) < 4.78 is 1.77. The van der Waals surface area contributed by atoms with Gasteiger partial charge in [-0.1, -0.05) is 6.92 Å². The Labute approximate surface area is 103 Å². The molecule has 1 aliphatic heterocycles. The Bertz CT molecular complexity index is 335. The molecular weight excluding hydrogens is 214 g/mol.